The number of aromatic nitrogens is 2. The van der Waals surface area contributed by atoms with Crippen LogP contribution < -0.4 is 5.69 Å². The molecule has 3 aromatic rings. The van der Waals surface area contributed by atoms with Gasteiger partial charge in [-0.1, -0.05) is 88.4 Å². The molecule has 7 heteroatoms. The van der Waals surface area contributed by atoms with E-state index in [1.807, 2.05) is 45.5 Å². The zero-order valence-electron chi connectivity index (χ0n) is 24.4. The number of hydrogen-bond donors (Lipinski definition) is 1. The van der Waals surface area contributed by atoms with E-state index < -0.39 is 12.3 Å². The summed E-state index contributed by atoms with van der Waals surface area (Å²) in [6.45, 7) is 5.48. The van der Waals surface area contributed by atoms with Crippen LogP contribution in [-0.2, 0) is 29.0 Å². The minimum Gasteiger partial charge on any atom is -0.478 e. The summed E-state index contributed by atoms with van der Waals surface area (Å²) in [6.07, 6.45) is 8.41. The zero-order chi connectivity index (χ0) is 28.6. The second-order valence-electron chi connectivity index (χ2n) is 11.4. The molecule has 1 N–H and O–H groups in total. The van der Waals surface area contributed by atoms with Gasteiger partial charge in [-0.2, -0.15) is 0 Å². The lowest BCUT2D eigenvalue weighted by Crippen LogP contribution is -2.27. The predicted molar refractivity (Wildman–Crippen MR) is 158 cm³/mol. The Labute approximate surface area is 237 Å². The van der Waals surface area contributed by atoms with E-state index >= 15 is 0 Å². The molecule has 1 aliphatic rings. The van der Waals surface area contributed by atoms with Gasteiger partial charge in [0.2, 0.25) is 0 Å². The van der Waals surface area contributed by atoms with Crippen molar-refractivity contribution >= 4 is 5.97 Å². The molecule has 0 amide bonds. The maximum Gasteiger partial charge on any atom is 0.336 e. The van der Waals surface area contributed by atoms with Crippen molar-refractivity contribution in [2.75, 3.05) is 14.2 Å². The third kappa shape index (κ3) is 6.94. The molecule has 1 aliphatic carbocycles. The average Bonchev–Trinajstić information content (AvgIpc) is 3.22. The number of carbonyl (C=O) groups is 1. The normalized spacial score (nSPS) is 14.3. The van der Waals surface area contributed by atoms with E-state index in [9.17, 15) is 14.7 Å². The second kappa shape index (κ2) is 14.0. The van der Waals surface area contributed by atoms with Crippen molar-refractivity contribution in [1.29, 1.82) is 0 Å². The van der Waals surface area contributed by atoms with Crippen LogP contribution in [0.15, 0.2) is 53.3 Å². The van der Waals surface area contributed by atoms with Crippen LogP contribution in [0.1, 0.15) is 92.4 Å². The first-order valence-corrected chi connectivity index (χ1v) is 14.6. The van der Waals surface area contributed by atoms with Crippen LogP contribution in [0.25, 0.3) is 11.1 Å². The van der Waals surface area contributed by atoms with E-state index in [0.717, 1.165) is 41.8 Å². The summed E-state index contributed by atoms with van der Waals surface area (Å²) in [6, 6.07) is 14.8. The Bertz CT molecular complexity index is 1310. The smallest absolute Gasteiger partial charge is 0.336 e. The third-order valence-electron chi connectivity index (χ3n) is 8.23. The Morgan fingerprint density at radius 1 is 0.975 bits per heavy atom. The molecule has 0 unspecified atom stereocenters. The topological polar surface area (TPSA) is 82.7 Å². The minimum atomic E-state index is -0.950. The van der Waals surface area contributed by atoms with Gasteiger partial charge in [0.25, 0.3) is 0 Å². The highest BCUT2D eigenvalue weighted by molar-refractivity contribution is 5.95. The van der Waals surface area contributed by atoms with Crippen LogP contribution in [0.4, 0.5) is 0 Å². The number of methoxy groups -OCH3 is 2. The van der Waals surface area contributed by atoms with E-state index in [1.165, 1.54) is 32.1 Å². The molecule has 4 rings (SSSR count). The molecule has 1 heterocycles. The Balaban J connectivity index is 1.70. The van der Waals surface area contributed by atoms with Gasteiger partial charge in [0.05, 0.1) is 17.8 Å². The van der Waals surface area contributed by atoms with Gasteiger partial charge in [0.1, 0.15) is 0 Å². The third-order valence-corrected chi connectivity index (χ3v) is 8.23. The molecule has 0 bridgehead atoms. The van der Waals surface area contributed by atoms with Gasteiger partial charge >= 0.3 is 11.7 Å². The summed E-state index contributed by atoms with van der Waals surface area (Å²) in [5.41, 5.74) is 4.53. The van der Waals surface area contributed by atoms with Crippen molar-refractivity contribution in [3.05, 3.63) is 81.5 Å². The molecule has 1 fully saturated rings. The standard InChI is InChI=1S/C33H44N2O5/c1-23(2)14-19-29-30(32(39-3)40-4)34(21-20-24-10-6-5-7-11-24)33(38)35(29)22-25-15-17-26(18-16-25)27-12-8-9-13-28(27)31(36)37/h8-9,12-13,15-18,23-24,32H,5-7,10-11,14,19-22H2,1-4H3,(H,36,37). The number of imidazole rings is 1. The van der Waals surface area contributed by atoms with Crippen LogP contribution in [0.5, 0.6) is 0 Å². The molecule has 40 heavy (non-hydrogen) atoms. The Hall–Kier alpha value is -3.16. The monoisotopic (exact) mass is 548 g/mol. The fourth-order valence-electron chi connectivity index (χ4n) is 5.99. The Morgan fingerprint density at radius 2 is 1.65 bits per heavy atom. The van der Waals surface area contributed by atoms with Gasteiger partial charge in [-0.05, 0) is 53.9 Å². The molecule has 7 nitrogen and oxygen atoms in total. The molecule has 0 saturated heterocycles. The van der Waals surface area contributed by atoms with Crippen molar-refractivity contribution in [2.24, 2.45) is 11.8 Å². The molecular formula is C33H44N2O5. The number of hydrogen-bond acceptors (Lipinski definition) is 4. The second-order valence-corrected chi connectivity index (χ2v) is 11.4. The lowest BCUT2D eigenvalue weighted by Gasteiger charge is -2.23. The van der Waals surface area contributed by atoms with Crippen molar-refractivity contribution in [3.8, 4) is 11.1 Å². The maximum absolute atomic E-state index is 14.0. The zero-order valence-corrected chi connectivity index (χ0v) is 24.4. The quantitative estimate of drug-likeness (QED) is 0.235. The number of benzene rings is 2. The van der Waals surface area contributed by atoms with Crippen LogP contribution in [-0.4, -0.2) is 34.4 Å². The Kier molecular flexibility index (Phi) is 10.4. The highest BCUT2D eigenvalue weighted by Gasteiger charge is 2.27. The highest BCUT2D eigenvalue weighted by atomic mass is 16.7. The highest BCUT2D eigenvalue weighted by Crippen LogP contribution is 2.30. The number of nitrogens with zero attached hydrogens (tertiary/aromatic N) is 2. The van der Waals surface area contributed by atoms with Gasteiger partial charge in [-0.25, -0.2) is 9.59 Å². The van der Waals surface area contributed by atoms with Crippen LogP contribution >= 0.6 is 0 Å². The van der Waals surface area contributed by atoms with E-state index in [1.54, 1.807) is 26.4 Å². The van der Waals surface area contributed by atoms with Crippen molar-refractivity contribution in [2.45, 2.75) is 84.6 Å². The van der Waals surface area contributed by atoms with Gasteiger partial charge < -0.3 is 14.6 Å². The molecule has 0 spiro atoms. The number of carboxylic acid groups (broad SMARTS) is 1. The first-order valence-electron chi connectivity index (χ1n) is 14.6. The molecule has 1 saturated carbocycles. The lowest BCUT2D eigenvalue weighted by atomic mass is 9.87. The van der Waals surface area contributed by atoms with Crippen LogP contribution in [0.3, 0.4) is 0 Å². The van der Waals surface area contributed by atoms with Gasteiger partial charge in [0.15, 0.2) is 6.29 Å². The van der Waals surface area contributed by atoms with E-state index in [-0.39, 0.29) is 11.3 Å². The lowest BCUT2D eigenvalue weighted by molar-refractivity contribution is -0.111. The molecule has 1 aromatic heterocycles. The summed E-state index contributed by atoms with van der Waals surface area (Å²) in [4.78, 5) is 25.7. The molecule has 0 atom stereocenters. The molecule has 216 valence electrons. The number of aromatic carboxylic acids is 1. The first kappa shape index (κ1) is 29.8. The first-order chi connectivity index (χ1) is 19.3. The van der Waals surface area contributed by atoms with E-state index in [0.29, 0.717) is 30.5 Å². The molecule has 0 aliphatic heterocycles. The van der Waals surface area contributed by atoms with Gasteiger partial charge in [0, 0.05) is 26.5 Å². The maximum atomic E-state index is 14.0. The summed E-state index contributed by atoms with van der Waals surface area (Å²) >= 11 is 0. The molecule has 2 aromatic carbocycles. The van der Waals surface area contributed by atoms with E-state index in [2.05, 4.69) is 13.8 Å². The summed E-state index contributed by atoms with van der Waals surface area (Å²) in [5, 5.41) is 9.61. The van der Waals surface area contributed by atoms with Crippen molar-refractivity contribution in [3.63, 3.8) is 0 Å². The Morgan fingerprint density at radius 3 is 2.27 bits per heavy atom. The number of carboxylic acids is 1. The van der Waals surface area contributed by atoms with Gasteiger partial charge in [-0.15, -0.1) is 0 Å². The van der Waals surface area contributed by atoms with Crippen LogP contribution in [0.2, 0.25) is 0 Å². The van der Waals surface area contributed by atoms with Crippen LogP contribution in [0, 0.1) is 11.8 Å². The largest absolute Gasteiger partial charge is 0.478 e. The van der Waals surface area contributed by atoms with Gasteiger partial charge in [-0.3, -0.25) is 9.13 Å². The number of ether oxygens (including phenoxy) is 2. The summed E-state index contributed by atoms with van der Waals surface area (Å²) in [7, 11) is 3.25. The average molecular weight is 549 g/mol. The van der Waals surface area contributed by atoms with Crippen molar-refractivity contribution < 1.29 is 19.4 Å². The summed E-state index contributed by atoms with van der Waals surface area (Å²) in [5.74, 6) is 0.189. The fraction of sp³-hybridized carbons (Fsp3) is 0.515. The summed E-state index contributed by atoms with van der Waals surface area (Å²) < 4.78 is 15.3. The number of rotatable bonds is 13. The molecular weight excluding hydrogens is 504 g/mol. The molecule has 0 radical (unpaired) electrons. The minimum absolute atomic E-state index is 0.0241. The fourth-order valence-corrected chi connectivity index (χ4v) is 5.99. The SMILES string of the molecule is COC(OC)c1c(CCC(C)C)n(Cc2ccc(-c3ccccc3C(=O)O)cc2)c(=O)n1CCC1CCCCC1. The van der Waals surface area contributed by atoms with Crippen molar-refractivity contribution in [1.82, 2.24) is 9.13 Å². The predicted octanol–water partition coefficient (Wildman–Crippen LogP) is 6.91. The van der Waals surface area contributed by atoms with E-state index in [4.69, 9.17) is 9.47 Å².